The molecule has 0 heterocycles. The van der Waals surface area contributed by atoms with Gasteiger partial charge < -0.3 is 4.74 Å². The minimum Gasteiger partial charge on any atom is -0.465 e. The van der Waals surface area contributed by atoms with Gasteiger partial charge in [-0.05, 0) is 18.6 Å². The standard InChI is InChI=1S/C10H12O4S/c1-7-5-4-6-8(10(11)14-2)9(7)15(3,12)13/h4-6H,1-3H3. The van der Waals surface area contributed by atoms with E-state index in [0.29, 0.717) is 5.56 Å². The second kappa shape index (κ2) is 4.02. The summed E-state index contributed by atoms with van der Waals surface area (Å²) < 4.78 is 27.5. The van der Waals surface area contributed by atoms with E-state index in [2.05, 4.69) is 4.74 Å². The van der Waals surface area contributed by atoms with Gasteiger partial charge in [0.2, 0.25) is 0 Å². The molecule has 0 spiro atoms. The Balaban J connectivity index is 3.54. The summed E-state index contributed by atoms with van der Waals surface area (Å²) in [5.74, 6) is -0.640. The highest BCUT2D eigenvalue weighted by Crippen LogP contribution is 2.20. The lowest BCUT2D eigenvalue weighted by molar-refractivity contribution is 0.0596. The zero-order chi connectivity index (χ0) is 11.6. The van der Waals surface area contributed by atoms with Crippen molar-refractivity contribution < 1.29 is 17.9 Å². The highest BCUT2D eigenvalue weighted by atomic mass is 32.2. The predicted molar refractivity (Wildman–Crippen MR) is 55.6 cm³/mol. The molecular weight excluding hydrogens is 216 g/mol. The number of hydrogen-bond acceptors (Lipinski definition) is 4. The van der Waals surface area contributed by atoms with Crippen LogP contribution in [0.2, 0.25) is 0 Å². The SMILES string of the molecule is COC(=O)c1cccc(C)c1S(C)(=O)=O. The number of sulfone groups is 1. The van der Waals surface area contributed by atoms with Gasteiger partial charge in [-0.25, -0.2) is 13.2 Å². The first-order chi connectivity index (χ1) is 6.88. The van der Waals surface area contributed by atoms with Gasteiger partial charge in [0.15, 0.2) is 9.84 Å². The second-order valence-corrected chi connectivity index (χ2v) is 5.17. The van der Waals surface area contributed by atoms with Crippen molar-refractivity contribution in [1.29, 1.82) is 0 Å². The molecule has 0 saturated heterocycles. The molecule has 0 atom stereocenters. The van der Waals surface area contributed by atoms with E-state index >= 15 is 0 Å². The first kappa shape index (κ1) is 11.7. The average molecular weight is 228 g/mol. The molecule has 1 aromatic carbocycles. The number of benzene rings is 1. The van der Waals surface area contributed by atoms with E-state index in [1.54, 1.807) is 19.1 Å². The highest BCUT2D eigenvalue weighted by molar-refractivity contribution is 7.90. The maximum absolute atomic E-state index is 11.5. The third-order valence-corrected chi connectivity index (χ3v) is 3.27. The lowest BCUT2D eigenvalue weighted by atomic mass is 10.1. The summed E-state index contributed by atoms with van der Waals surface area (Å²) in [6.45, 7) is 1.64. The van der Waals surface area contributed by atoms with Crippen molar-refractivity contribution >= 4 is 15.8 Å². The number of methoxy groups -OCH3 is 1. The second-order valence-electron chi connectivity index (χ2n) is 3.22. The van der Waals surface area contributed by atoms with Crippen LogP contribution < -0.4 is 0 Å². The molecule has 0 aliphatic carbocycles. The Kier molecular flexibility index (Phi) is 3.14. The molecule has 0 aliphatic heterocycles. The van der Waals surface area contributed by atoms with Crippen LogP contribution in [0.25, 0.3) is 0 Å². The van der Waals surface area contributed by atoms with Gasteiger partial charge in [0, 0.05) is 6.26 Å². The minimum atomic E-state index is -3.42. The van der Waals surface area contributed by atoms with Crippen molar-refractivity contribution in [2.24, 2.45) is 0 Å². The van der Waals surface area contributed by atoms with Crippen LogP contribution >= 0.6 is 0 Å². The van der Waals surface area contributed by atoms with E-state index in [-0.39, 0.29) is 10.5 Å². The monoisotopic (exact) mass is 228 g/mol. The number of hydrogen-bond donors (Lipinski definition) is 0. The van der Waals surface area contributed by atoms with Crippen LogP contribution in [0.5, 0.6) is 0 Å². The fraction of sp³-hybridized carbons (Fsp3) is 0.300. The van der Waals surface area contributed by atoms with E-state index in [9.17, 15) is 13.2 Å². The summed E-state index contributed by atoms with van der Waals surface area (Å²) in [6, 6.07) is 4.70. The molecule has 82 valence electrons. The van der Waals surface area contributed by atoms with Crippen molar-refractivity contribution in [3.8, 4) is 0 Å². The van der Waals surface area contributed by atoms with Crippen LogP contribution in [0, 0.1) is 6.92 Å². The number of ether oxygens (including phenoxy) is 1. The smallest absolute Gasteiger partial charge is 0.339 e. The molecule has 0 aromatic heterocycles. The van der Waals surface area contributed by atoms with Gasteiger partial charge in [0.05, 0.1) is 17.6 Å². The Hall–Kier alpha value is -1.36. The fourth-order valence-electron chi connectivity index (χ4n) is 1.42. The van der Waals surface area contributed by atoms with Crippen LogP contribution in [0.4, 0.5) is 0 Å². The zero-order valence-electron chi connectivity index (χ0n) is 8.77. The summed E-state index contributed by atoms with van der Waals surface area (Å²) >= 11 is 0. The van der Waals surface area contributed by atoms with Gasteiger partial charge in [-0.3, -0.25) is 0 Å². The van der Waals surface area contributed by atoms with Crippen molar-refractivity contribution in [3.63, 3.8) is 0 Å². The third kappa shape index (κ3) is 2.36. The lowest BCUT2D eigenvalue weighted by Crippen LogP contribution is -2.11. The maximum Gasteiger partial charge on any atom is 0.339 e. The van der Waals surface area contributed by atoms with Crippen LogP contribution in [-0.4, -0.2) is 27.8 Å². The summed E-state index contributed by atoms with van der Waals surface area (Å²) in [5, 5.41) is 0. The van der Waals surface area contributed by atoms with Gasteiger partial charge in [-0.15, -0.1) is 0 Å². The molecule has 0 saturated carbocycles. The summed E-state index contributed by atoms with van der Waals surface area (Å²) in [7, 11) is -2.20. The molecular formula is C10H12O4S. The highest BCUT2D eigenvalue weighted by Gasteiger charge is 2.20. The van der Waals surface area contributed by atoms with Gasteiger partial charge in [0.25, 0.3) is 0 Å². The van der Waals surface area contributed by atoms with E-state index < -0.39 is 15.8 Å². The number of carbonyl (C=O) groups is 1. The molecule has 4 nitrogen and oxygen atoms in total. The predicted octanol–water partition coefficient (Wildman–Crippen LogP) is 1.19. The van der Waals surface area contributed by atoms with E-state index in [4.69, 9.17) is 0 Å². The van der Waals surface area contributed by atoms with Crippen molar-refractivity contribution in [3.05, 3.63) is 29.3 Å². The molecule has 0 amide bonds. The lowest BCUT2D eigenvalue weighted by Gasteiger charge is -2.08. The van der Waals surface area contributed by atoms with Crippen LogP contribution in [0.3, 0.4) is 0 Å². The number of carbonyl (C=O) groups excluding carboxylic acids is 1. The van der Waals surface area contributed by atoms with Crippen molar-refractivity contribution in [2.75, 3.05) is 13.4 Å². The first-order valence-corrected chi connectivity index (χ1v) is 6.15. The molecule has 0 bridgehead atoms. The van der Waals surface area contributed by atoms with Gasteiger partial charge in [-0.1, -0.05) is 12.1 Å². The summed E-state index contributed by atoms with van der Waals surface area (Å²) in [5.41, 5.74) is 0.625. The summed E-state index contributed by atoms with van der Waals surface area (Å²) in [6.07, 6.45) is 1.07. The Bertz CT molecular complexity index is 488. The van der Waals surface area contributed by atoms with Gasteiger partial charge in [-0.2, -0.15) is 0 Å². The van der Waals surface area contributed by atoms with Gasteiger partial charge >= 0.3 is 5.97 Å². The van der Waals surface area contributed by atoms with Crippen LogP contribution in [0.15, 0.2) is 23.1 Å². The number of esters is 1. The normalized spacial score (nSPS) is 11.1. The van der Waals surface area contributed by atoms with Crippen molar-refractivity contribution in [2.45, 2.75) is 11.8 Å². The molecule has 0 radical (unpaired) electrons. The van der Waals surface area contributed by atoms with E-state index in [1.807, 2.05) is 0 Å². The molecule has 0 fully saturated rings. The third-order valence-electron chi connectivity index (χ3n) is 1.99. The quantitative estimate of drug-likeness (QED) is 0.713. The molecule has 0 aliphatic rings. The molecule has 0 unspecified atom stereocenters. The molecule has 15 heavy (non-hydrogen) atoms. The van der Waals surface area contributed by atoms with E-state index in [0.717, 1.165) is 6.26 Å². The molecule has 5 heteroatoms. The van der Waals surface area contributed by atoms with Crippen LogP contribution in [-0.2, 0) is 14.6 Å². The Morgan fingerprint density at radius 2 is 1.93 bits per heavy atom. The van der Waals surface area contributed by atoms with Crippen LogP contribution in [0.1, 0.15) is 15.9 Å². The largest absolute Gasteiger partial charge is 0.465 e. The maximum atomic E-state index is 11.5. The first-order valence-electron chi connectivity index (χ1n) is 4.26. The average Bonchev–Trinajstić information content (AvgIpc) is 2.14. The number of aryl methyl sites for hydroxylation is 1. The Morgan fingerprint density at radius 1 is 1.33 bits per heavy atom. The van der Waals surface area contributed by atoms with E-state index in [1.165, 1.54) is 13.2 Å². The Morgan fingerprint density at radius 3 is 2.40 bits per heavy atom. The summed E-state index contributed by atoms with van der Waals surface area (Å²) in [4.78, 5) is 11.4. The molecule has 1 aromatic rings. The molecule has 0 N–H and O–H groups in total. The fourth-order valence-corrected chi connectivity index (χ4v) is 2.62. The number of rotatable bonds is 2. The van der Waals surface area contributed by atoms with Gasteiger partial charge in [0.1, 0.15) is 0 Å². The Labute approximate surface area is 88.8 Å². The zero-order valence-corrected chi connectivity index (χ0v) is 9.59. The molecule has 1 rings (SSSR count). The minimum absolute atomic E-state index is 0.0388. The topological polar surface area (TPSA) is 60.4 Å². The van der Waals surface area contributed by atoms with Crippen molar-refractivity contribution in [1.82, 2.24) is 0 Å².